The van der Waals surface area contributed by atoms with Crippen molar-refractivity contribution in [2.75, 3.05) is 42.5 Å². The Morgan fingerprint density at radius 2 is 1.91 bits per heavy atom. The number of nitrogens with one attached hydrogen (secondary N) is 1. The zero-order valence-corrected chi connectivity index (χ0v) is 20.1. The molecule has 0 aromatic carbocycles. The highest BCUT2D eigenvalue weighted by Crippen LogP contribution is 2.37. The van der Waals surface area contributed by atoms with Crippen molar-refractivity contribution < 1.29 is 35.9 Å². The minimum Gasteiger partial charge on any atom is -0.461 e. The van der Waals surface area contributed by atoms with Crippen LogP contribution in [0.25, 0.3) is 0 Å². The van der Waals surface area contributed by atoms with Crippen molar-refractivity contribution >= 4 is 27.7 Å². The van der Waals surface area contributed by atoms with Crippen molar-refractivity contribution in [1.29, 1.82) is 0 Å². The van der Waals surface area contributed by atoms with Crippen LogP contribution in [0.3, 0.4) is 0 Å². The first-order valence-electron chi connectivity index (χ1n) is 11.5. The molecule has 0 aliphatic carbocycles. The highest BCUT2D eigenvalue weighted by atomic mass is 32.2. The normalized spacial score (nSPS) is 20.4. The topological polar surface area (TPSA) is 101 Å². The van der Waals surface area contributed by atoms with Crippen molar-refractivity contribution in [3.8, 4) is 0 Å². The molecular weight excluding hydrogens is 477 g/mol. The molecule has 192 valence electrons. The van der Waals surface area contributed by atoms with Crippen molar-refractivity contribution in [2.24, 2.45) is 0 Å². The van der Waals surface area contributed by atoms with Gasteiger partial charge in [-0.05, 0) is 38.2 Å². The Kier molecular flexibility index (Phi) is 8.63. The molecule has 2 aliphatic heterocycles. The van der Waals surface area contributed by atoms with Crippen LogP contribution in [0.1, 0.15) is 51.5 Å². The second kappa shape index (κ2) is 11.1. The van der Waals surface area contributed by atoms with Crippen LogP contribution in [-0.4, -0.2) is 68.7 Å². The van der Waals surface area contributed by atoms with Crippen LogP contribution in [0.2, 0.25) is 0 Å². The first kappa shape index (κ1) is 26.5. The standard InChI is InChI=1S/C21H31F3N4O5S/c1-3-16(4-2)33-20(29)18-7-5-6-8-28(18)34(30,31)26-15-13-17(21(22,23)24)19(25-14-15)27-9-11-32-12-10-27/h13-14,16,18,26H,3-12H2,1-2H3. The number of aromatic nitrogens is 1. The van der Waals surface area contributed by atoms with Crippen LogP contribution in [0, 0.1) is 0 Å². The molecule has 2 saturated heterocycles. The van der Waals surface area contributed by atoms with Crippen LogP contribution >= 0.6 is 0 Å². The van der Waals surface area contributed by atoms with Crippen LogP contribution in [-0.2, 0) is 30.7 Å². The van der Waals surface area contributed by atoms with Gasteiger partial charge in [0.2, 0.25) is 0 Å². The molecule has 1 aromatic rings. The average Bonchev–Trinajstić information content (AvgIpc) is 2.82. The molecule has 0 bridgehead atoms. The summed E-state index contributed by atoms with van der Waals surface area (Å²) in [6.45, 7) is 4.83. The first-order valence-corrected chi connectivity index (χ1v) is 12.9. The fourth-order valence-electron chi connectivity index (χ4n) is 4.08. The summed E-state index contributed by atoms with van der Waals surface area (Å²) in [6.07, 6.45) is -1.36. The SMILES string of the molecule is CCC(CC)OC(=O)C1CCCCN1S(=O)(=O)Nc1cnc(N2CCOCC2)c(C(F)(F)F)c1. The fraction of sp³-hybridized carbons (Fsp3) is 0.714. The summed E-state index contributed by atoms with van der Waals surface area (Å²) in [5, 5.41) is 0. The van der Waals surface area contributed by atoms with E-state index in [1.165, 1.54) is 4.90 Å². The largest absolute Gasteiger partial charge is 0.461 e. The van der Waals surface area contributed by atoms with Gasteiger partial charge in [0.1, 0.15) is 23.5 Å². The summed E-state index contributed by atoms with van der Waals surface area (Å²) in [7, 11) is -4.34. The summed E-state index contributed by atoms with van der Waals surface area (Å²) < 4.78 is 81.4. The maximum atomic E-state index is 13.8. The van der Waals surface area contributed by atoms with Crippen LogP contribution in [0.5, 0.6) is 0 Å². The summed E-state index contributed by atoms with van der Waals surface area (Å²) in [5.74, 6) is -0.918. The number of anilines is 2. The van der Waals surface area contributed by atoms with Crippen LogP contribution in [0.15, 0.2) is 12.3 Å². The molecular formula is C21H31F3N4O5S. The number of carbonyl (C=O) groups is 1. The maximum absolute atomic E-state index is 13.8. The molecule has 3 rings (SSSR count). The van der Waals surface area contributed by atoms with Crippen LogP contribution < -0.4 is 9.62 Å². The van der Waals surface area contributed by atoms with Crippen molar-refractivity contribution in [1.82, 2.24) is 9.29 Å². The number of piperidine rings is 1. The Morgan fingerprint density at radius 3 is 2.53 bits per heavy atom. The van der Waals surface area contributed by atoms with E-state index in [-0.39, 0.29) is 56.9 Å². The van der Waals surface area contributed by atoms with E-state index >= 15 is 0 Å². The molecule has 0 amide bonds. The third kappa shape index (κ3) is 6.30. The Labute approximate surface area is 197 Å². The minimum atomic E-state index is -4.74. The van der Waals surface area contributed by atoms with Gasteiger partial charge < -0.3 is 14.4 Å². The van der Waals surface area contributed by atoms with Gasteiger partial charge in [0, 0.05) is 19.6 Å². The molecule has 0 radical (unpaired) electrons. The summed E-state index contributed by atoms with van der Waals surface area (Å²) in [5.41, 5.74) is -1.38. The van der Waals surface area contributed by atoms with Gasteiger partial charge in [-0.3, -0.25) is 9.52 Å². The zero-order valence-electron chi connectivity index (χ0n) is 19.3. The summed E-state index contributed by atoms with van der Waals surface area (Å²) >= 11 is 0. The molecule has 9 nitrogen and oxygen atoms in total. The highest BCUT2D eigenvalue weighted by molar-refractivity contribution is 7.90. The quantitative estimate of drug-likeness (QED) is 0.538. The lowest BCUT2D eigenvalue weighted by Gasteiger charge is -2.34. The van der Waals surface area contributed by atoms with Gasteiger partial charge in [0.25, 0.3) is 0 Å². The highest BCUT2D eigenvalue weighted by Gasteiger charge is 2.40. The van der Waals surface area contributed by atoms with E-state index in [1.54, 1.807) is 0 Å². The molecule has 2 fully saturated rings. The molecule has 34 heavy (non-hydrogen) atoms. The van der Waals surface area contributed by atoms with Gasteiger partial charge >= 0.3 is 22.4 Å². The van der Waals surface area contributed by atoms with Crippen LogP contribution in [0.4, 0.5) is 24.7 Å². The van der Waals surface area contributed by atoms with Gasteiger partial charge in [0.15, 0.2) is 0 Å². The van der Waals surface area contributed by atoms with Crippen molar-refractivity contribution in [3.05, 3.63) is 17.8 Å². The maximum Gasteiger partial charge on any atom is 0.420 e. The van der Waals surface area contributed by atoms with Gasteiger partial charge in [-0.15, -0.1) is 0 Å². The van der Waals surface area contributed by atoms with E-state index < -0.39 is 34.0 Å². The number of alkyl halides is 3. The lowest BCUT2D eigenvalue weighted by Crippen LogP contribution is -2.51. The molecule has 0 spiro atoms. The molecule has 1 atom stereocenters. The number of hydrogen-bond donors (Lipinski definition) is 1. The number of pyridine rings is 1. The summed E-state index contributed by atoms with van der Waals surface area (Å²) in [4.78, 5) is 18.1. The number of hydrogen-bond acceptors (Lipinski definition) is 7. The number of carbonyl (C=O) groups excluding carboxylic acids is 1. The monoisotopic (exact) mass is 508 g/mol. The Morgan fingerprint density at radius 1 is 1.24 bits per heavy atom. The second-order valence-corrected chi connectivity index (χ2v) is 9.92. The number of halogens is 3. The molecule has 2 aliphatic rings. The van der Waals surface area contributed by atoms with Gasteiger partial charge in [0.05, 0.1) is 25.1 Å². The third-order valence-electron chi connectivity index (χ3n) is 5.96. The minimum absolute atomic E-state index is 0.0590. The van der Waals surface area contributed by atoms with Crippen molar-refractivity contribution in [3.63, 3.8) is 0 Å². The molecule has 1 aromatic heterocycles. The number of rotatable bonds is 8. The second-order valence-electron chi connectivity index (χ2n) is 8.30. The van der Waals surface area contributed by atoms with E-state index in [9.17, 15) is 26.4 Å². The zero-order chi connectivity index (χ0) is 24.9. The third-order valence-corrected chi connectivity index (χ3v) is 7.51. The van der Waals surface area contributed by atoms with E-state index in [4.69, 9.17) is 9.47 Å². The Bertz CT molecular complexity index is 950. The lowest BCUT2D eigenvalue weighted by molar-refractivity contribution is -0.155. The molecule has 1 unspecified atom stereocenters. The number of esters is 1. The van der Waals surface area contributed by atoms with E-state index in [2.05, 4.69) is 9.71 Å². The van der Waals surface area contributed by atoms with Gasteiger partial charge in [-0.2, -0.15) is 25.9 Å². The average molecular weight is 509 g/mol. The van der Waals surface area contributed by atoms with Gasteiger partial charge in [-0.25, -0.2) is 4.98 Å². The van der Waals surface area contributed by atoms with Crippen molar-refractivity contribution in [2.45, 2.75) is 64.3 Å². The number of morpholine rings is 1. The van der Waals surface area contributed by atoms with E-state index in [0.29, 0.717) is 25.7 Å². The van der Waals surface area contributed by atoms with E-state index in [1.807, 2.05) is 13.8 Å². The predicted molar refractivity (Wildman–Crippen MR) is 120 cm³/mol. The smallest absolute Gasteiger partial charge is 0.420 e. The molecule has 13 heteroatoms. The predicted octanol–water partition coefficient (Wildman–Crippen LogP) is 3.18. The fourth-order valence-corrected chi connectivity index (χ4v) is 5.51. The number of ether oxygens (including phenoxy) is 2. The molecule has 0 saturated carbocycles. The number of nitrogens with zero attached hydrogens (tertiary/aromatic N) is 3. The summed E-state index contributed by atoms with van der Waals surface area (Å²) in [6, 6.07) is -0.300. The molecule has 1 N–H and O–H groups in total. The first-order chi connectivity index (χ1) is 16.1. The Balaban J connectivity index is 1.84. The molecule has 3 heterocycles. The lowest BCUT2D eigenvalue weighted by atomic mass is 10.1. The van der Waals surface area contributed by atoms with E-state index in [0.717, 1.165) is 16.6 Å². The van der Waals surface area contributed by atoms with Gasteiger partial charge in [-0.1, -0.05) is 13.8 Å². The Hall–Kier alpha value is -2.12.